The van der Waals surface area contributed by atoms with Gasteiger partial charge in [0.2, 0.25) is 0 Å². The fourth-order valence-corrected chi connectivity index (χ4v) is 4.69. The lowest BCUT2D eigenvalue weighted by Gasteiger charge is -2.41. The van der Waals surface area contributed by atoms with Crippen LogP contribution in [0, 0.1) is 23.1 Å². The van der Waals surface area contributed by atoms with Gasteiger partial charge in [-0.3, -0.25) is 4.90 Å². The van der Waals surface area contributed by atoms with Crippen LogP contribution in [0.1, 0.15) is 63.5 Å². The number of urea groups is 1. The van der Waals surface area contributed by atoms with E-state index in [1.165, 1.54) is 18.9 Å². The summed E-state index contributed by atoms with van der Waals surface area (Å²) in [6, 6.07) is 7.24. The van der Waals surface area contributed by atoms with Gasteiger partial charge in [-0.2, -0.15) is 5.26 Å². The molecule has 0 saturated carbocycles. The largest absolute Gasteiger partial charge is 0.336 e. The van der Waals surface area contributed by atoms with Crippen LogP contribution in [-0.2, 0) is 6.54 Å². The zero-order chi connectivity index (χ0) is 20.8. The van der Waals surface area contributed by atoms with Crippen LogP contribution in [0.25, 0.3) is 0 Å². The third-order valence-electron chi connectivity index (χ3n) is 6.22. The Labute approximate surface area is 173 Å². The third-order valence-corrected chi connectivity index (χ3v) is 6.22. The van der Waals surface area contributed by atoms with Crippen molar-refractivity contribution in [3.05, 3.63) is 35.1 Å². The number of piperidine rings is 1. The van der Waals surface area contributed by atoms with Crippen LogP contribution in [-0.4, -0.2) is 47.5 Å². The van der Waals surface area contributed by atoms with E-state index in [9.17, 15) is 9.18 Å². The first-order valence-electron chi connectivity index (χ1n) is 11.0. The minimum atomic E-state index is -0.300. The Morgan fingerprint density at radius 3 is 2.62 bits per heavy atom. The van der Waals surface area contributed by atoms with Crippen molar-refractivity contribution in [2.45, 2.75) is 71.0 Å². The summed E-state index contributed by atoms with van der Waals surface area (Å²) < 4.78 is 14.2. The Bertz CT molecular complexity index is 737. The number of nitrogens with one attached hydrogen (secondary N) is 1. The molecule has 6 heteroatoms. The molecule has 2 aliphatic rings. The molecule has 1 aromatic carbocycles. The maximum Gasteiger partial charge on any atom is 0.317 e. The van der Waals surface area contributed by atoms with Gasteiger partial charge < -0.3 is 10.2 Å². The van der Waals surface area contributed by atoms with E-state index in [4.69, 9.17) is 5.26 Å². The number of amides is 2. The minimum absolute atomic E-state index is 0.0778. The van der Waals surface area contributed by atoms with E-state index in [0.717, 1.165) is 45.3 Å². The lowest BCUT2D eigenvalue weighted by molar-refractivity contribution is 0.0970. The number of nitriles is 1. The SMILES string of the molecule is CC(C)NC(=O)N1CCCCC[C@H]1C1CCN(Cc2ccc(C#N)cc2F)CC1. The molecule has 1 atom stereocenters. The smallest absolute Gasteiger partial charge is 0.317 e. The van der Waals surface area contributed by atoms with Crippen molar-refractivity contribution in [2.75, 3.05) is 19.6 Å². The second kappa shape index (κ2) is 10.1. The highest BCUT2D eigenvalue weighted by Crippen LogP contribution is 2.31. The molecule has 0 bridgehead atoms. The summed E-state index contributed by atoms with van der Waals surface area (Å²) in [5.41, 5.74) is 1.01. The van der Waals surface area contributed by atoms with Gasteiger partial charge in [-0.1, -0.05) is 18.9 Å². The lowest BCUT2D eigenvalue weighted by Crippen LogP contribution is -2.52. The van der Waals surface area contributed by atoms with Crippen molar-refractivity contribution in [1.29, 1.82) is 5.26 Å². The number of carbonyl (C=O) groups is 1. The van der Waals surface area contributed by atoms with Gasteiger partial charge in [-0.25, -0.2) is 9.18 Å². The lowest BCUT2D eigenvalue weighted by atomic mass is 9.86. The summed E-state index contributed by atoms with van der Waals surface area (Å²) in [6.07, 6.45) is 6.62. The van der Waals surface area contributed by atoms with E-state index in [1.54, 1.807) is 12.1 Å². The zero-order valence-corrected chi connectivity index (χ0v) is 17.7. The average Bonchev–Trinajstić information content (AvgIpc) is 2.96. The molecule has 0 unspecified atom stereocenters. The molecule has 29 heavy (non-hydrogen) atoms. The second-order valence-electron chi connectivity index (χ2n) is 8.75. The zero-order valence-electron chi connectivity index (χ0n) is 17.7. The molecule has 2 amide bonds. The molecule has 158 valence electrons. The molecule has 0 spiro atoms. The fraction of sp³-hybridized carbons (Fsp3) is 0.652. The van der Waals surface area contributed by atoms with Crippen LogP contribution in [0.4, 0.5) is 9.18 Å². The van der Waals surface area contributed by atoms with Crippen molar-refractivity contribution >= 4 is 6.03 Å². The predicted octanol–water partition coefficient (Wildman–Crippen LogP) is 4.27. The first-order chi connectivity index (χ1) is 14.0. The summed E-state index contributed by atoms with van der Waals surface area (Å²) >= 11 is 0. The topological polar surface area (TPSA) is 59.4 Å². The molecule has 2 saturated heterocycles. The minimum Gasteiger partial charge on any atom is -0.336 e. The van der Waals surface area contributed by atoms with Crippen molar-refractivity contribution in [2.24, 2.45) is 5.92 Å². The standard InChI is InChI=1S/C23H33FN4O/c1-17(2)26-23(29)28-11-5-3-4-6-22(28)19-9-12-27(13-10-19)16-20-8-7-18(15-25)14-21(20)24/h7-8,14,17,19,22H,3-6,9-13,16H2,1-2H3,(H,26,29)/t22-/m0/s1. The monoisotopic (exact) mass is 400 g/mol. The summed E-state index contributed by atoms with van der Waals surface area (Å²) in [4.78, 5) is 17.1. The maximum atomic E-state index is 14.2. The van der Waals surface area contributed by atoms with Gasteiger partial charge >= 0.3 is 6.03 Å². The number of hydrogen-bond acceptors (Lipinski definition) is 3. The Balaban J connectivity index is 1.59. The van der Waals surface area contributed by atoms with Crippen molar-refractivity contribution in [1.82, 2.24) is 15.1 Å². The first kappa shape index (κ1) is 21.6. The number of benzene rings is 1. The number of halogens is 1. The molecule has 3 rings (SSSR count). The normalized spacial score (nSPS) is 21.6. The predicted molar refractivity (Wildman–Crippen MR) is 112 cm³/mol. The van der Waals surface area contributed by atoms with Crippen LogP contribution < -0.4 is 5.32 Å². The van der Waals surface area contributed by atoms with E-state index in [-0.39, 0.29) is 17.9 Å². The van der Waals surface area contributed by atoms with E-state index >= 15 is 0 Å². The highest BCUT2D eigenvalue weighted by Gasteiger charge is 2.34. The van der Waals surface area contributed by atoms with Crippen LogP contribution in [0.15, 0.2) is 18.2 Å². The Morgan fingerprint density at radius 2 is 1.97 bits per heavy atom. The molecular weight excluding hydrogens is 367 g/mol. The number of carbonyl (C=O) groups excluding carboxylic acids is 1. The summed E-state index contributed by atoms with van der Waals surface area (Å²) in [5, 5.41) is 12.0. The Hall–Kier alpha value is -2.13. The van der Waals surface area contributed by atoms with Crippen molar-refractivity contribution in [3.8, 4) is 6.07 Å². The maximum absolute atomic E-state index is 14.2. The number of rotatable bonds is 4. The molecule has 0 aliphatic carbocycles. The molecule has 0 aromatic heterocycles. The summed E-state index contributed by atoms with van der Waals surface area (Å²) in [7, 11) is 0. The van der Waals surface area contributed by atoms with Crippen LogP contribution in [0.5, 0.6) is 0 Å². The van der Waals surface area contributed by atoms with E-state index in [1.807, 2.05) is 19.9 Å². The van der Waals surface area contributed by atoms with E-state index < -0.39 is 0 Å². The summed E-state index contributed by atoms with van der Waals surface area (Å²) in [6.45, 7) is 7.27. The molecule has 0 radical (unpaired) electrons. The summed E-state index contributed by atoms with van der Waals surface area (Å²) in [5.74, 6) is 0.208. The first-order valence-corrected chi connectivity index (χ1v) is 11.0. The van der Waals surface area contributed by atoms with Gasteiger partial charge in [0.1, 0.15) is 5.82 Å². The highest BCUT2D eigenvalue weighted by atomic mass is 19.1. The van der Waals surface area contributed by atoms with Crippen LogP contribution >= 0.6 is 0 Å². The highest BCUT2D eigenvalue weighted by molar-refractivity contribution is 5.74. The molecule has 2 heterocycles. The molecule has 2 fully saturated rings. The van der Waals surface area contributed by atoms with E-state index in [2.05, 4.69) is 15.1 Å². The quantitative estimate of drug-likeness (QED) is 0.821. The molecule has 1 N–H and O–H groups in total. The van der Waals surface area contributed by atoms with E-state index in [0.29, 0.717) is 29.6 Å². The van der Waals surface area contributed by atoms with Crippen molar-refractivity contribution in [3.63, 3.8) is 0 Å². The average molecular weight is 401 g/mol. The Kier molecular flexibility index (Phi) is 7.49. The molecule has 2 aliphatic heterocycles. The number of hydrogen-bond donors (Lipinski definition) is 1. The molecular formula is C23H33FN4O. The van der Waals surface area contributed by atoms with Gasteiger partial charge in [0.15, 0.2) is 0 Å². The third kappa shape index (κ3) is 5.70. The van der Waals surface area contributed by atoms with Gasteiger partial charge in [0, 0.05) is 30.7 Å². The van der Waals surface area contributed by atoms with Gasteiger partial charge in [-0.15, -0.1) is 0 Å². The molecule has 1 aromatic rings. The fourth-order valence-electron chi connectivity index (χ4n) is 4.69. The van der Waals surface area contributed by atoms with Gasteiger partial charge in [-0.05, 0) is 70.7 Å². The number of nitrogens with zero attached hydrogens (tertiary/aromatic N) is 3. The second-order valence-corrected chi connectivity index (χ2v) is 8.75. The molecule has 5 nitrogen and oxygen atoms in total. The van der Waals surface area contributed by atoms with Crippen LogP contribution in [0.2, 0.25) is 0 Å². The van der Waals surface area contributed by atoms with Gasteiger partial charge in [0.25, 0.3) is 0 Å². The number of likely N-dealkylation sites (tertiary alicyclic amines) is 2. The van der Waals surface area contributed by atoms with Crippen LogP contribution in [0.3, 0.4) is 0 Å². The Morgan fingerprint density at radius 1 is 1.21 bits per heavy atom. The van der Waals surface area contributed by atoms with Crippen molar-refractivity contribution < 1.29 is 9.18 Å². The van der Waals surface area contributed by atoms with Gasteiger partial charge in [0.05, 0.1) is 11.6 Å².